The van der Waals surface area contributed by atoms with Crippen LogP contribution < -0.4 is 9.80 Å². The summed E-state index contributed by atoms with van der Waals surface area (Å²) in [6, 6.07) is 1.99. The van der Waals surface area contributed by atoms with Gasteiger partial charge in [0.25, 0.3) is 0 Å². The Kier molecular flexibility index (Phi) is 5.54. The van der Waals surface area contributed by atoms with Gasteiger partial charge in [-0.2, -0.15) is 13.2 Å². The Morgan fingerprint density at radius 2 is 1.55 bits per heavy atom. The third kappa shape index (κ3) is 4.75. The number of nitrogens with zero attached hydrogens (tertiary/aromatic N) is 7. The Balaban J connectivity index is 1.37. The lowest BCUT2D eigenvalue weighted by molar-refractivity contribution is -0.157. The van der Waals surface area contributed by atoms with Crippen molar-refractivity contribution in [3.8, 4) is 0 Å². The molecule has 2 aromatic rings. The molecule has 0 saturated carbocycles. The number of hydrogen-bond acceptors (Lipinski definition) is 9. The smallest absolute Gasteiger partial charge is 0.416 e. The Bertz CT molecular complexity index is 831. The Morgan fingerprint density at radius 3 is 2.14 bits per heavy atom. The highest BCUT2D eigenvalue weighted by Gasteiger charge is 2.38. The van der Waals surface area contributed by atoms with E-state index in [1.807, 2.05) is 17.9 Å². The largest absolute Gasteiger partial charge is 0.470 e. The molecule has 2 aliphatic rings. The molecule has 4 heterocycles. The lowest BCUT2D eigenvalue weighted by Crippen LogP contribution is -2.46. The summed E-state index contributed by atoms with van der Waals surface area (Å²) in [6.07, 6.45) is -4.62. The second kappa shape index (κ2) is 8.11. The van der Waals surface area contributed by atoms with E-state index in [4.69, 9.17) is 9.15 Å². The molecule has 0 amide bonds. The van der Waals surface area contributed by atoms with Crippen LogP contribution in [0.25, 0.3) is 0 Å². The molecule has 9 nitrogen and oxygen atoms in total. The maximum atomic E-state index is 12.6. The first kappa shape index (κ1) is 19.8. The van der Waals surface area contributed by atoms with Gasteiger partial charge in [0, 0.05) is 45.3 Å². The van der Waals surface area contributed by atoms with Crippen molar-refractivity contribution in [1.82, 2.24) is 25.1 Å². The molecule has 0 bridgehead atoms. The molecular formula is C17H22F3N7O2. The minimum absolute atomic E-state index is 0.0294. The molecule has 2 aliphatic heterocycles. The molecule has 29 heavy (non-hydrogen) atoms. The maximum absolute atomic E-state index is 12.6. The molecule has 0 N–H and O–H groups in total. The first-order valence-electron chi connectivity index (χ1n) is 9.44. The summed E-state index contributed by atoms with van der Waals surface area (Å²) in [5.74, 6) is 1.12. The average molecular weight is 413 g/mol. The van der Waals surface area contributed by atoms with Gasteiger partial charge in [0.2, 0.25) is 5.89 Å². The van der Waals surface area contributed by atoms with Gasteiger partial charge in [-0.1, -0.05) is 0 Å². The van der Waals surface area contributed by atoms with Gasteiger partial charge in [0.1, 0.15) is 17.5 Å². The minimum Gasteiger partial charge on any atom is -0.416 e. The van der Waals surface area contributed by atoms with Crippen LogP contribution in [-0.2, 0) is 17.5 Å². The molecule has 0 atom stereocenters. The summed E-state index contributed by atoms with van der Waals surface area (Å²) >= 11 is 0. The van der Waals surface area contributed by atoms with Crippen molar-refractivity contribution in [3.63, 3.8) is 0 Å². The second-order valence-corrected chi connectivity index (χ2v) is 6.99. The van der Waals surface area contributed by atoms with Gasteiger partial charge in [-0.25, -0.2) is 9.97 Å². The standard InChI is InChI=1S/C17H22F3N7O2/c1-12-21-13(10-14(22-12)27-6-8-28-9-7-27)26-4-2-25(3-5-26)11-15-23-24-16(29-15)17(18,19)20/h10H,2-9,11H2,1H3. The van der Waals surface area contributed by atoms with Crippen LogP contribution in [0.5, 0.6) is 0 Å². The van der Waals surface area contributed by atoms with Crippen molar-refractivity contribution >= 4 is 11.6 Å². The third-order valence-corrected chi connectivity index (χ3v) is 4.91. The zero-order chi connectivity index (χ0) is 20.4. The van der Waals surface area contributed by atoms with E-state index in [0.717, 1.165) is 24.7 Å². The molecular weight excluding hydrogens is 391 g/mol. The van der Waals surface area contributed by atoms with E-state index < -0.39 is 12.1 Å². The summed E-state index contributed by atoms with van der Waals surface area (Å²) in [4.78, 5) is 15.4. The lowest BCUT2D eigenvalue weighted by Gasteiger charge is -2.35. The van der Waals surface area contributed by atoms with E-state index in [1.165, 1.54) is 0 Å². The molecule has 2 saturated heterocycles. The predicted molar refractivity (Wildman–Crippen MR) is 96.6 cm³/mol. The zero-order valence-corrected chi connectivity index (χ0v) is 16.0. The fourth-order valence-corrected chi connectivity index (χ4v) is 3.41. The Morgan fingerprint density at radius 1 is 0.931 bits per heavy atom. The number of ether oxygens (including phenoxy) is 1. The van der Waals surface area contributed by atoms with Gasteiger partial charge in [0.15, 0.2) is 0 Å². The van der Waals surface area contributed by atoms with Gasteiger partial charge >= 0.3 is 12.1 Å². The van der Waals surface area contributed by atoms with Crippen LogP contribution in [0.1, 0.15) is 17.6 Å². The van der Waals surface area contributed by atoms with Crippen LogP contribution in [0.4, 0.5) is 24.8 Å². The van der Waals surface area contributed by atoms with E-state index in [0.29, 0.717) is 45.2 Å². The highest BCUT2D eigenvalue weighted by Crippen LogP contribution is 2.28. The van der Waals surface area contributed by atoms with Gasteiger partial charge < -0.3 is 19.0 Å². The van der Waals surface area contributed by atoms with Gasteiger partial charge in [0.05, 0.1) is 19.8 Å². The van der Waals surface area contributed by atoms with Crippen molar-refractivity contribution in [2.24, 2.45) is 0 Å². The average Bonchev–Trinajstić information content (AvgIpc) is 3.18. The number of hydrogen-bond donors (Lipinski definition) is 0. The number of aromatic nitrogens is 4. The normalized spacial score (nSPS) is 19.0. The summed E-state index contributed by atoms with van der Waals surface area (Å²) in [6.45, 7) is 7.72. The summed E-state index contributed by atoms with van der Waals surface area (Å²) in [5, 5.41) is 6.57. The van der Waals surface area contributed by atoms with Crippen molar-refractivity contribution in [1.29, 1.82) is 0 Å². The SMILES string of the molecule is Cc1nc(N2CCOCC2)cc(N2CCN(Cc3nnc(C(F)(F)F)o3)CC2)n1. The number of rotatable bonds is 4. The number of anilines is 2. The molecule has 0 aliphatic carbocycles. The van der Waals surface area contributed by atoms with Crippen LogP contribution in [0, 0.1) is 6.92 Å². The first-order valence-corrected chi connectivity index (χ1v) is 9.44. The highest BCUT2D eigenvalue weighted by molar-refractivity contribution is 5.51. The molecule has 4 rings (SSSR count). The maximum Gasteiger partial charge on any atom is 0.470 e. The van der Waals surface area contributed by atoms with Gasteiger partial charge in [-0.3, -0.25) is 4.90 Å². The van der Waals surface area contributed by atoms with E-state index in [1.54, 1.807) is 0 Å². The summed E-state index contributed by atoms with van der Waals surface area (Å²) in [5.41, 5.74) is 0. The highest BCUT2D eigenvalue weighted by atomic mass is 19.4. The Labute approximate surface area is 165 Å². The first-order chi connectivity index (χ1) is 13.9. The van der Waals surface area contributed by atoms with Gasteiger partial charge in [-0.05, 0) is 6.92 Å². The van der Waals surface area contributed by atoms with E-state index >= 15 is 0 Å². The molecule has 2 fully saturated rings. The van der Waals surface area contributed by atoms with Crippen molar-refractivity contribution < 1.29 is 22.3 Å². The fraction of sp³-hybridized carbons (Fsp3) is 0.647. The third-order valence-electron chi connectivity index (χ3n) is 4.91. The zero-order valence-electron chi connectivity index (χ0n) is 16.0. The van der Waals surface area contributed by atoms with Gasteiger partial charge in [-0.15, -0.1) is 10.2 Å². The van der Waals surface area contributed by atoms with Crippen molar-refractivity contribution in [2.75, 3.05) is 62.3 Å². The number of halogens is 3. The minimum atomic E-state index is -4.62. The molecule has 0 radical (unpaired) electrons. The van der Waals surface area contributed by atoms with Crippen LogP contribution in [0.3, 0.4) is 0 Å². The van der Waals surface area contributed by atoms with E-state index in [9.17, 15) is 13.2 Å². The number of piperazine rings is 1. The lowest BCUT2D eigenvalue weighted by atomic mass is 10.3. The summed E-state index contributed by atoms with van der Waals surface area (Å²) in [7, 11) is 0. The summed E-state index contributed by atoms with van der Waals surface area (Å²) < 4.78 is 47.9. The molecule has 12 heteroatoms. The topological polar surface area (TPSA) is 83.7 Å². The van der Waals surface area contributed by atoms with Crippen LogP contribution >= 0.6 is 0 Å². The molecule has 2 aromatic heterocycles. The van der Waals surface area contributed by atoms with Crippen LogP contribution in [0.15, 0.2) is 10.5 Å². The quantitative estimate of drug-likeness (QED) is 0.737. The van der Waals surface area contributed by atoms with Crippen molar-refractivity contribution in [2.45, 2.75) is 19.6 Å². The van der Waals surface area contributed by atoms with Crippen molar-refractivity contribution in [3.05, 3.63) is 23.7 Å². The molecule has 0 unspecified atom stereocenters. The monoisotopic (exact) mass is 413 g/mol. The van der Waals surface area contributed by atoms with Crippen LogP contribution in [0.2, 0.25) is 0 Å². The number of alkyl halides is 3. The fourth-order valence-electron chi connectivity index (χ4n) is 3.41. The molecule has 0 spiro atoms. The molecule has 0 aromatic carbocycles. The van der Waals surface area contributed by atoms with Crippen LogP contribution in [-0.4, -0.2) is 77.5 Å². The number of aryl methyl sites for hydroxylation is 1. The molecule has 158 valence electrons. The number of morpholine rings is 1. The van der Waals surface area contributed by atoms with E-state index in [-0.39, 0.29) is 12.4 Å². The second-order valence-electron chi connectivity index (χ2n) is 6.99. The Hall–Kier alpha value is -2.47. The predicted octanol–water partition coefficient (Wildman–Crippen LogP) is 1.35. The van der Waals surface area contributed by atoms with E-state index in [2.05, 4.69) is 30.0 Å².